The van der Waals surface area contributed by atoms with E-state index in [-0.39, 0.29) is 0 Å². The summed E-state index contributed by atoms with van der Waals surface area (Å²) in [7, 11) is 0. The molecule has 0 radical (unpaired) electrons. The zero-order valence-corrected chi connectivity index (χ0v) is 14.0. The predicted octanol–water partition coefficient (Wildman–Crippen LogP) is 6.69. The molecule has 0 rings (SSSR count). The molecule has 0 aromatic rings. The highest BCUT2D eigenvalue weighted by Crippen LogP contribution is 2.26. The van der Waals surface area contributed by atoms with Gasteiger partial charge < -0.3 is 0 Å². The van der Waals surface area contributed by atoms with Gasteiger partial charge in [0, 0.05) is 0 Å². The molecule has 0 aliphatic carbocycles. The van der Waals surface area contributed by atoms with Crippen LogP contribution in [0.2, 0.25) is 0 Å². The highest BCUT2D eigenvalue weighted by atomic mass is 14.2. The number of hydrogen-bond donors (Lipinski definition) is 0. The van der Waals surface area contributed by atoms with Crippen molar-refractivity contribution in [2.24, 2.45) is 23.7 Å². The van der Waals surface area contributed by atoms with Crippen LogP contribution in [-0.4, -0.2) is 0 Å². The van der Waals surface area contributed by atoms with Crippen molar-refractivity contribution >= 4 is 0 Å². The van der Waals surface area contributed by atoms with Crippen LogP contribution < -0.4 is 0 Å². The fraction of sp³-hybridized carbons (Fsp3) is 1.00. The maximum absolute atomic E-state index is 2.46. The van der Waals surface area contributed by atoms with E-state index in [9.17, 15) is 0 Å². The van der Waals surface area contributed by atoms with Gasteiger partial charge in [0.05, 0.1) is 0 Å². The zero-order chi connectivity index (χ0) is 14.0. The van der Waals surface area contributed by atoms with Crippen molar-refractivity contribution in [2.75, 3.05) is 0 Å². The minimum absolute atomic E-state index is 0.919. The summed E-state index contributed by atoms with van der Waals surface area (Å²) in [4.78, 5) is 0. The Morgan fingerprint density at radius 2 is 0.889 bits per heavy atom. The summed E-state index contributed by atoms with van der Waals surface area (Å²) in [6, 6.07) is 0. The van der Waals surface area contributed by atoms with Crippen molar-refractivity contribution in [3.63, 3.8) is 0 Å². The molecule has 0 amide bonds. The molecule has 0 saturated heterocycles. The Morgan fingerprint density at radius 1 is 0.500 bits per heavy atom. The maximum atomic E-state index is 2.46. The van der Waals surface area contributed by atoms with Crippen LogP contribution in [0.15, 0.2) is 0 Å². The van der Waals surface area contributed by atoms with Crippen LogP contribution >= 0.6 is 0 Å². The van der Waals surface area contributed by atoms with Gasteiger partial charge >= 0.3 is 0 Å². The van der Waals surface area contributed by atoms with Gasteiger partial charge in [-0.3, -0.25) is 0 Å². The summed E-state index contributed by atoms with van der Waals surface area (Å²) in [5, 5.41) is 0. The molecule has 0 heteroatoms. The molecule has 4 atom stereocenters. The first kappa shape index (κ1) is 18.0. The van der Waals surface area contributed by atoms with E-state index in [1.165, 1.54) is 51.4 Å². The highest BCUT2D eigenvalue weighted by Gasteiger charge is 2.13. The Hall–Kier alpha value is 0. The molecule has 0 heterocycles. The van der Waals surface area contributed by atoms with E-state index in [0.29, 0.717) is 0 Å². The molecular weight excluding hydrogens is 216 g/mol. The summed E-state index contributed by atoms with van der Waals surface area (Å²) in [5.41, 5.74) is 0. The quantitative estimate of drug-likeness (QED) is 0.385. The molecule has 0 N–H and O–H groups in total. The van der Waals surface area contributed by atoms with E-state index >= 15 is 0 Å². The normalized spacial score (nSPS) is 18.3. The molecule has 110 valence electrons. The van der Waals surface area contributed by atoms with Crippen LogP contribution in [0.3, 0.4) is 0 Å². The number of rotatable bonds is 11. The van der Waals surface area contributed by atoms with Crippen molar-refractivity contribution in [2.45, 2.75) is 92.9 Å². The molecule has 0 nitrogen and oxygen atoms in total. The molecular formula is C18H38. The van der Waals surface area contributed by atoms with Crippen LogP contribution in [0.5, 0.6) is 0 Å². The van der Waals surface area contributed by atoms with Crippen molar-refractivity contribution in [3.8, 4) is 0 Å². The Kier molecular flexibility index (Phi) is 10.9. The average molecular weight is 255 g/mol. The first-order valence-corrected chi connectivity index (χ1v) is 8.49. The van der Waals surface area contributed by atoms with Gasteiger partial charge in [0.2, 0.25) is 0 Å². The number of hydrogen-bond acceptors (Lipinski definition) is 0. The van der Waals surface area contributed by atoms with E-state index in [0.717, 1.165) is 23.7 Å². The highest BCUT2D eigenvalue weighted by molar-refractivity contribution is 4.65. The van der Waals surface area contributed by atoms with Gasteiger partial charge in [-0.25, -0.2) is 0 Å². The van der Waals surface area contributed by atoms with Crippen molar-refractivity contribution in [1.29, 1.82) is 0 Å². The molecule has 0 aromatic carbocycles. The van der Waals surface area contributed by atoms with Crippen LogP contribution in [0.1, 0.15) is 92.9 Å². The van der Waals surface area contributed by atoms with E-state index in [1.54, 1.807) is 0 Å². The second-order valence-electron chi connectivity index (χ2n) is 7.05. The molecule has 4 unspecified atom stereocenters. The van der Waals surface area contributed by atoms with Crippen molar-refractivity contribution in [1.82, 2.24) is 0 Å². The second kappa shape index (κ2) is 10.9. The monoisotopic (exact) mass is 254 g/mol. The molecule has 0 aliphatic rings. The fourth-order valence-electron chi connectivity index (χ4n) is 3.40. The molecule has 0 aliphatic heterocycles. The van der Waals surface area contributed by atoms with Gasteiger partial charge in [-0.1, -0.05) is 80.1 Å². The molecule has 0 fully saturated rings. The second-order valence-corrected chi connectivity index (χ2v) is 7.05. The van der Waals surface area contributed by atoms with Gasteiger partial charge in [-0.2, -0.15) is 0 Å². The lowest BCUT2D eigenvalue weighted by Gasteiger charge is -2.21. The first-order valence-electron chi connectivity index (χ1n) is 8.49. The van der Waals surface area contributed by atoms with Gasteiger partial charge in [0.15, 0.2) is 0 Å². The lowest BCUT2D eigenvalue weighted by atomic mass is 9.85. The van der Waals surface area contributed by atoms with Crippen molar-refractivity contribution < 1.29 is 0 Å². The van der Waals surface area contributed by atoms with E-state index in [1.807, 2.05) is 0 Å². The summed E-state index contributed by atoms with van der Waals surface area (Å²) in [5.74, 6) is 3.71. The summed E-state index contributed by atoms with van der Waals surface area (Å²) < 4.78 is 0. The summed E-state index contributed by atoms with van der Waals surface area (Å²) in [6.45, 7) is 14.4. The van der Waals surface area contributed by atoms with Crippen LogP contribution in [0.25, 0.3) is 0 Å². The Balaban J connectivity index is 3.69. The SMILES string of the molecule is CCCC(C)CCC(C)CC(C)CC(C)CCC. The van der Waals surface area contributed by atoms with E-state index < -0.39 is 0 Å². The van der Waals surface area contributed by atoms with Crippen molar-refractivity contribution in [3.05, 3.63) is 0 Å². The third-order valence-electron chi connectivity index (χ3n) is 4.32. The minimum Gasteiger partial charge on any atom is -0.0654 e. The van der Waals surface area contributed by atoms with Crippen LogP contribution in [0, 0.1) is 23.7 Å². The van der Waals surface area contributed by atoms with E-state index in [2.05, 4.69) is 41.5 Å². The molecule has 0 aromatic heterocycles. The van der Waals surface area contributed by atoms with Gasteiger partial charge in [-0.05, 0) is 36.5 Å². The van der Waals surface area contributed by atoms with E-state index in [4.69, 9.17) is 0 Å². The van der Waals surface area contributed by atoms with Gasteiger partial charge in [0.1, 0.15) is 0 Å². The zero-order valence-electron chi connectivity index (χ0n) is 14.0. The minimum atomic E-state index is 0.919. The largest absolute Gasteiger partial charge is 0.0654 e. The summed E-state index contributed by atoms with van der Waals surface area (Å²) >= 11 is 0. The Bertz CT molecular complexity index is 173. The van der Waals surface area contributed by atoms with Gasteiger partial charge in [-0.15, -0.1) is 0 Å². The first-order chi connectivity index (χ1) is 8.49. The lowest BCUT2D eigenvalue weighted by Crippen LogP contribution is -2.09. The molecule has 0 spiro atoms. The molecule has 18 heavy (non-hydrogen) atoms. The third kappa shape index (κ3) is 9.97. The Morgan fingerprint density at radius 3 is 1.39 bits per heavy atom. The van der Waals surface area contributed by atoms with Gasteiger partial charge in [0.25, 0.3) is 0 Å². The fourth-order valence-corrected chi connectivity index (χ4v) is 3.40. The topological polar surface area (TPSA) is 0 Å². The summed E-state index contributed by atoms with van der Waals surface area (Å²) in [6.07, 6.45) is 11.3. The van der Waals surface area contributed by atoms with Crippen LogP contribution in [-0.2, 0) is 0 Å². The Labute approximate surface area is 117 Å². The third-order valence-corrected chi connectivity index (χ3v) is 4.32. The average Bonchev–Trinajstić information content (AvgIpc) is 2.26. The molecule has 0 saturated carbocycles. The van der Waals surface area contributed by atoms with Crippen LogP contribution in [0.4, 0.5) is 0 Å². The molecule has 0 bridgehead atoms. The predicted molar refractivity (Wildman–Crippen MR) is 84.9 cm³/mol. The lowest BCUT2D eigenvalue weighted by molar-refractivity contribution is 0.308. The maximum Gasteiger partial charge on any atom is -0.0438 e. The standard InChI is InChI=1S/C18H38/c1-7-9-15(3)11-12-17(5)14-18(6)13-16(4)10-8-2/h15-18H,7-14H2,1-6H3. The smallest absolute Gasteiger partial charge is 0.0438 e.